The van der Waals surface area contributed by atoms with Crippen LogP contribution in [0.5, 0.6) is 0 Å². The number of hydrogen-bond acceptors (Lipinski definition) is 2. The second-order valence-corrected chi connectivity index (χ2v) is 7.47. The van der Waals surface area contributed by atoms with Gasteiger partial charge in [-0.1, -0.05) is 24.6 Å². The Hall–Kier alpha value is -0.180. The largest absolute Gasteiger partial charge is 0.315 e. The van der Waals surface area contributed by atoms with Crippen LogP contribution in [0.15, 0.2) is 29.2 Å². The molecule has 0 amide bonds. The zero-order valence-electron chi connectivity index (χ0n) is 11.3. The third-order valence-electron chi connectivity index (χ3n) is 4.51. The maximum absolute atomic E-state index is 6.04. The quantitative estimate of drug-likeness (QED) is 0.826. The van der Waals surface area contributed by atoms with E-state index >= 15 is 0 Å². The number of thioether (sulfide) groups is 1. The first-order valence-electron chi connectivity index (χ1n) is 7.38. The van der Waals surface area contributed by atoms with Gasteiger partial charge in [-0.15, -0.1) is 23.4 Å². The summed E-state index contributed by atoms with van der Waals surface area (Å²) in [5.74, 6) is 2.41. The number of hydrogen-bond donors (Lipinski definition) is 1. The van der Waals surface area contributed by atoms with Crippen molar-refractivity contribution >= 4 is 23.4 Å². The number of alkyl halides is 1. The molecule has 0 spiro atoms. The zero-order valence-corrected chi connectivity index (χ0v) is 12.8. The molecular formula is C16H22ClNS. The molecule has 1 N–H and O–H groups in total. The fraction of sp³-hybridized carbons (Fsp3) is 0.625. The van der Waals surface area contributed by atoms with Crippen molar-refractivity contribution in [2.75, 3.05) is 19.0 Å². The van der Waals surface area contributed by atoms with Crippen LogP contribution in [0.3, 0.4) is 0 Å². The molecule has 0 saturated heterocycles. The van der Waals surface area contributed by atoms with Gasteiger partial charge < -0.3 is 5.32 Å². The number of nitrogens with one attached hydrogen (secondary N) is 1. The molecule has 1 aliphatic carbocycles. The lowest BCUT2D eigenvalue weighted by molar-refractivity contribution is 0.396. The molecular weight excluding hydrogens is 274 g/mol. The van der Waals surface area contributed by atoms with Crippen molar-refractivity contribution in [1.29, 1.82) is 0 Å². The molecule has 1 heterocycles. The molecule has 2 aliphatic rings. The standard InChI is InChI=1S/C16H22ClNS/c17-9-13-5-3-6-14(13)10-18-11-15-8-12-4-1-2-7-16(12)19-15/h1-2,4,7,13-15,18H,3,5-6,8-11H2. The van der Waals surface area contributed by atoms with Gasteiger partial charge in [0.1, 0.15) is 0 Å². The van der Waals surface area contributed by atoms with Crippen molar-refractivity contribution < 1.29 is 0 Å². The highest BCUT2D eigenvalue weighted by Gasteiger charge is 2.27. The Morgan fingerprint density at radius 1 is 1.16 bits per heavy atom. The van der Waals surface area contributed by atoms with Crippen LogP contribution in [-0.4, -0.2) is 24.2 Å². The summed E-state index contributed by atoms with van der Waals surface area (Å²) in [6.45, 7) is 2.29. The molecule has 0 aromatic heterocycles. The Morgan fingerprint density at radius 2 is 2.00 bits per heavy atom. The van der Waals surface area contributed by atoms with E-state index in [1.807, 2.05) is 11.8 Å². The van der Waals surface area contributed by atoms with Crippen LogP contribution in [0.4, 0.5) is 0 Å². The fourth-order valence-electron chi connectivity index (χ4n) is 3.38. The second-order valence-electron chi connectivity index (χ2n) is 5.82. The van der Waals surface area contributed by atoms with Crippen molar-refractivity contribution in [3.63, 3.8) is 0 Å². The molecule has 3 atom stereocenters. The smallest absolute Gasteiger partial charge is 0.0260 e. The van der Waals surface area contributed by atoms with E-state index in [0.717, 1.165) is 30.8 Å². The molecule has 0 bridgehead atoms. The van der Waals surface area contributed by atoms with E-state index in [0.29, 0.717) is 5.25 Å². The van der Waals surface area contributed by atoms with E-state index in [1.54, 1.807) is 0 Å². The molecule has 3 unspecified atom stereocenters. The SMILES string of the molecule is ClCC1CCCC1CNCC1Cc2ccccc2S1. The molecule has 0 radical (unpaired) electrons. The number of fused-ring (bicyclic) bond motifs is 1. The Balaban J connectivity index is 1.42. The number of rotatable bonds is 5. The van der Waals surface area contributed by atoms with Crippen LogP contribution < -0.4 is 5.32 Å². The first-order chi connectivity index (χ1) is 9.36. The summed E-state index contributed by atoms with van der Waals surface area (Å²) in [6, 6.07) is 8.81. The maximum Gasteiger partial charge on any atom is 0.0260 e. The third-order valence-corrected chi connectivity index (χ3v) is 6.22. The van der Waals surface area contributed by atoms with Crippen molar-refractivity contribution in [3.05, 3.63) is 29.8 Å². The summed E-state index contributed by atoms with van der Waals surface area (Å²) < 4.78 is 0. The minimum atomic E-state index is 0.716. The van der Waals surface area contributed by atoms with E-state index in [1.165, 1.54) is 36.1 Å². The van der Waals surface area contributed by atoms with Crippen LogP contribution in [0.25, 0.3) is 0 Å². The minimum absolute atomic E-state index is 0.716. The van der Waals surface area contributed by atoms with Crippen LogP contribution in [0.2, 0.25) is 0 Å². The topological polar surface area (TPSA) is 12.0 Å². The highest BCUT2D eigenvalue weighted by molar-refractivity contribution is 8.00. The predicted octanol–water partition coefficient (Wildman–Crippen LogP) is 3.95. The van der Waals surface area contributed by atoms with Gasteiger partial charge in [-0.05, 0) is 49.3 Å². The van der Waals surface area contributed by atoms with E-state index < -0.39 is 0 Å². The van der Waals surface area contributed by atoms with Gasteiger partial charge in [0.25, 0.3) is 0 Å². The lowest BCUT2D eigenvalue weighted by Crippen LogP contribution is -2.31. The summed E-state index contributed by atoms with van der Waals surface area (Å²) in [4.78, 5) is 1.48. The van der Waals surface area contributed by atoms with E-state index in [-0.39, 0.29) is 0 Å². The van der Waals surface area contributed by atoms with Crippen LogP contribution in [-0.2, 0) is 6.42 Å². The Bertz CT molecular complexity index is 398. The molecule has 19 heavy (non-hydrogen) atoms. The second kappa shape index (κ2) is 6.51. The summed E-state index contributed by atoms with van der Waals surface area (Å²) >= 11 is 8.07. The first kappa shape index (κ1) is 13.8. The minimum Gasteiger partial charge on any atom is -0.315 e. The van der Waals surface area contributed by atoms with Gasteiger partial charge in [0, 0.05) is 22.6 Å². The normalized spacial score (nSPS) is 29.6. The van der Waals surface area contributed by atoms with Crippen LogP contribution in [0.1, 0.15) is 24.8 Å². The lowest BCUT2D eigenvalue weighted by Gasteiger charge is -2.19. The molecule has 3 heteroatoms. The highest BCUT2D eigenvalue weighted by atomic mass is 35.5. The first-order valence-corrected chi connectivity index (χ1v) is 8.79. The van der Waals surface area contributed by atoms with Crippen molar-refractivity contribution in [2.24, 2.45) is 11.8 Å². The van der Waals surface area contributed by atoms with Gasteiger partial charge in [-0.3, -0.25) is 0 Å². The molecule has 104 valence electrons. The predicted molar refractivity (Wildman–Crippen MR) is 84.2 cm³/mol. The summed E-state index contributed by atoms with van der Waals surface area (Å²) in [5.41, 5.74) is 1.53. The Kier molecular flexibility index (Phi) is 4.73. The van der Waals surface area contributed by atoms with E-state index in [9.17, 15) is 0 Å². The van der Waals surface area contributed by atoms with Gasteiger partial charge in [-0.2, -0.15) is 0 Å². The molecule has 1 aliphatic heterocycles. The average Bonchev–Trinajstić information content (AvgIpc) is 3.04. The zero-order chi connectivity index (χ0) is 13.1. The van der Waals surface area contributed by atoms with Crippen molar-refractivity contribution in [3.8, 4) is 0 Å². The Morgan fingerprint density at radius 3 is 2.84 bits per heavy atom. The average molecular weight is 296 g/mol. The molecule has 3 rings (SSSR count). The van der Waals surface area contributed by atoms with Crippen molar-refractivity contribution in [1.82, 2.24) is 5.32 Å². The van der Waals surface area contributed by atoms with Crippen LogP contribution >= 0.6 is 23.4 Å². The van der Waals surface area contributed by atoms with E-state index in [4.69, 9.17) is 11.6 Å². The van der Waals surface area contributed by atoms with Crippen LogP contribution in [0, 0.1) is 11.8 Å². The van der Waals surface area contributed by atoms with Crippen molar-refractivity contribution in [2.45, 2.75) is 35.8 Å². The highest BCUT2D eigenvalue weighted by Crippen LogP contribution is 2.36. The monoisotopic (exact) mass is 295 g/mol. The third kappa shape index (κ3) is 3.29. The number of benzene rings is 1. The molecule has 1 aromatic carbocycles. The Labute approximate surface area is 125 Å². The summed E-state index contributed by atoms with van der Waals surface area (Å²) in [7, 11) is 0. The molecule has 1 saturated carbocycles. The van der Waals surface area contributed by atoms with E-state index in [2.05, 4.69) is 29.6 Å². The maximum atomic E-state index is 6.04. The molecule has 1 aromatic rings. The fourth-order valence-corrected chi connectivity index (χ4v) is 5.07. The van der Waals surface area contributed by atoms with Gasteiger partial charge in [0.05, 0.1) is 0 Å². The molecule has 1 nitrogen and oxygen atoms in total. The number of halogens is 1. The van der Waals surface area contributed by atoms with Gasteiger partial charge in [-0.25, -0.2) is 0 Å². The lowest BCUT2D eigenvalue weighted by atomic mass is 9.98. The summed E-state index contributed by atoms with van der Waals surface area (Å²) in [5, 5.41) is 4.40. The van der Waals surface area contributed by atoms with Gasteiger partial charge in [0.15, 0.2) is 0 Å². The summed E-state index contributed by atoms with van der Waals surface area (Å²) in [6.07, 6.45) is 5.28. The van der Waals surface area contributed by atoms with Gasteiger partial charge >= 0.3 is 0 Å². The van der Waals surface area contributed by atoms with Gasteiger partial charge in [0.2, 0.25) is 0 Å². The molecule has 1 fully saturated rings.